The second kappa shape index (κ2) is 5.89. The van der Waals surface area contributed by atoms with Gasteiger partial charge in [0.15, 0.2) is 0 Å². The molecule has 0 spiro atoms. The van der Waals surface area contributed by atoms with Crippen LogP contribution in [0.1, 0.15) is 11.8 Å². The number of rotatable bonds is 4. The minimum Gasteiger partial charge on any atom is -0.380 e. The molecule has 0 fully saturated rings. The van der Waals surface area contributed by atoms with Crippen LogP contribution in [0.15, 0.2) is 46.5 Å². The lowest BCUT2D eigenvalue weighted by molar-refractivity contribution is 0.801. The number of thiophene rings is 1. The van der Waals surface area contributed by atoms with Gasteiger partial charge in [0.05, 0.1) is 11.2 Å². The van der Waals surface area contributed by atoms with E-state index in [1.807, 2.05) is 18.3 Å². The molecule has 20 heavy (non-hydrogen) atoms. The van der Waals surface area contributed by atoms with Crippen LogP contribution >= 0.6 is 27.3 Å². The van der Waals surface area contributed by atoms with Crippen LogP contribution in [0.5, 0.6) is 0 Å². The van der Waals surface area contributed by atoms with Gasteiger partial charge in [0.25, 0.3) is 0 Å². The van der Waals surface area contributed by atoms with Gasteiger partial charge in [-0.25, -0.2) is 0 Å². The first kappa shape index (κ1) is 13.5. The molecule has 3 rings (SSSR count). The Balaban J connectivity index is 1.83. The summed E-state index contributed by atoms with van der Waals surface area (Å²) < 4.78 is 0.946. The number of fused-ring (bicyclic) bond motifs is 1. The fourth-order valence-electron chi connectivity index (χ4n) is 2.17. The lowest BCUT2D eigenvalue weighted by atomic mass is 10.2. The molecule has 3 nitrogen and oxygen atoms in total. The van der Waals surface area contributed by atoms with Gasteiger partial charge < -0.3 is 5.32 Å². The summed E-state index contributed by atoms with van der Waals surface area (Å²) in [6.45, 7) is 2.19. The Hall–Kier alpha value is -1.46. The maximum Gasteiger partial charge on any atom is 0.112 e. The zero-order chi connectivity index (χ0) is 13.9. The van der Waals surface area contributed by atoms with Crippen molar-refractivity contribution < 1.29 is 0 Å². The first-order valence-corrected chi connectivity index (χ1v) is 8.09. The molecule has 102 valence electrons. The van der Waals surface area contributed by atoms with Crippen molar-refractivity contribution in [2.24, 2.45) is 0 Å². The average molecular weight is 348 g/mol. The number of nitrogens with zero attached hydrogens (tertiary/aromatic N) is 2. The Bertz CT molecular complexity index is 712. The van der Waals surface area contributed by atoms with E-state index in [1.54, 1.807) is 17.5 Å². The van der Waals surface area contributed by atoms with Crippen LogP contribution in [-0.2, 0) is 6.42 Å². The molecule has 1 N–H and O–H groups in total. The quantitative estimate of drug-likeness (QED) is 0.755. The molecule has 3 heterocycles. The maximum absolute atomic E-state index is 4.46. The topological polar surface area (TPSA) is 37.8 Å². The molecule has 1 atom stereocenters. The number of hydrogen-bond donors (Lipinski definition) is 1. The summed E-state index contributed by atoms with van der Waals surface area (Å²) in [7, 11) is 0. The summed E-state index contributed by atoms with van der Waals surface area (Å²) in [5.41, 5.74) is 2.84. The van der Waals surface area contributed by atoms with E-state index >= 15 is 0 Å². The van der Waals surface area contributed by atoms with Gasteiger partial charge in [0, 0.05) is 34.2 Å². The molecule has 0 radical (unpaired) electrons. The van der Waals surface area contributed by atoms with E-state index in [-0.39, 0.29) is 0 Å². The van der Waals surface area contributed by atoms with Gasteiger partial charge in [-0.3, -0.25) is 9.97 Å². The molecule has 0 saturated heterocycles. The Kier molecular flexibility index (Phi) is 3.98. The van der Waals surface area contributed by atoms with Crippen LogP contribution in [0.2, 0.25) is 0 Å². The van der Waals surface area contributed by atoms with Gasteiger partial charge in [-0.1, -0.05) is 6.07 Å². The average Bonchev–Trinajstić information content (AvgIpc) is 2.91. The number of anilines is 1. The molecular weight excluding hydrogens is 334 g/mol. The first-order chi connectivity index (χ1) is 9.72. The standard InChI is InChI=1S/C15H14BrN3S/c1-10(7-12-3-2-6-20-12)19-13-4-5-17-14-8-11(16)9-18-15(13)14/h2-6,8-10H,7H2,1H3,(H,17,19). The first-order valence-electron chi connectivity index (χ1n) is 6.41. The Morgan fingerprint density at radius 1 is 1.35 bits per heavy atom. The van der Waals surface area contributed by atoms with Gasteiger partial charge in [0.2, 0.25) is 0 Å². The summed E-state index contributed by atoms with van der Waals surface area (Å²) in [4.78, 5) is 10.2. The summed E-state index contributed by atoms with van der Waals surface area (Å²) in [6.07, 6.45) is 4.63. The zero-order valence-electron chi connectivity index (χ0n) is 11.0. The predicted molar refractivity (Wildman–Crippen MR) is 88.3 cm³/mol. The Morgan fingerprint density at radius 2 is 2.25 bits per heavy atom. The van der Waals surface area contributed by atoms with Crippen molar-refractivity contribution in [3.8, 4) is 0 Å². The van der Waals surface area contributed by atoms with E-state index in [0.717, 1.165) is 27.6 Å². The molecular formula is C15H14BrN3S. The zero-order valence-corrected chi connectivity index (χ0v) is 13.4. The van der Waals surface area contributed by atoms with Gasteiger partial charge in [-0.15, -0.1) is 11.3 Å². The Morgan fingerprint density at radius 3 is 3.05 bits per heavy atom. The van der Waals surface area contributed by atoms with Gasteiger partial charge in [0.1, 0.15) is 5.52 Å². The molecule has 0 aliphatic rings. The van der Waals surface area contributed by atoms with E-state index in [0.29, 0.717) is 6.04 Å². The molecule has 0 aromatic carbocycles. The highest BCUT2D eigenvalue weighted by Gasteiger charge is 2.08. The molecule has 1 unspecified atom stereocenters. The second-order valence-electron chi connectivity index (χ2n) is 4.71. The largest absolute Gasteiger partial charge is 0.380 e. The molecule has 0 amide bonds. The lowest BCUT2D eigenvalue weighted by Gasteiger charge is -2.15. The number of aromatic nitrogens is 2. The van der Waals surface area contributed by atoms with Crippen LogP contribution in [-0.4, -0.2) is 16.0 Å². The third kappa shape index (κ3) is 2.99. The van der Waals surface area contributed by atoms with E-state index in [1.165, 1.54) is 4.88 Å². The van der Waals surface area contributed by atoms with E-state index < -0.39 is 0 Å². The molecule has 0 bridgehead atoms. The van der Waals surface area contributed by atoms with Gasteiger partial charge in [-0.05, 0) is 46.4 Å². The van der Waals surface area contributed by atoms with Crippen molar-refractivity contribution in [2.75, 3.05) is 5.32 Å². The van der Waals surface area contributed by atoms with E-state index in [4.69, 9.17) is 0 Å². The van der Waals surface area contributed by atoms with Crippen LogP contribution in [0.4, 0.5) is 5.69 Å². The van der Waals surface area contributed by atoms with Crippen molar-refractivity contribution in [3.05, 3.63) is 51.4 Å². The second-order valence-corrected chi connectivity index (χ2v) is 6.66. The summed E-state index contributed by atoms with van der Waals surface area (Å²) in [5.74, 6) is 0. The third-order valence-corrected chi connectivity index (χ3v) is 4.37. The summed E-state index contributed by atoms with van der Waals surface area (Å²) in [6, 6.07) is 8.58. The van der Waals surface area contributed by atoms with Crippen LogP contribution in [0.3, 0.4) is 0 Å². The fourth-order valence-corrected chi connectivity index (χ4v) is 3.32. The predicted octanol–water partition coefficient (Wildman–Crippen LogP) is 4.50. The van der Waals surface area contributed by atoms with Crippen LogP contribution in [0, 0.1) is 0 Å². The molecule has 0 saturated carbocycles. The molecule has 0 aliphatic heterocycles. The van der Waals surface area contributed by atoms with Crippen molar-refractivity contribution >= 4 is 44.0 Å². The van der Waals surface area contributed by atoms with Gasteiger partial charge in [-0.2, -0.15) is 0 Å². The SMILES string of the molecule is CC(Cc1cccs1)Nc1ccnc2cc(Br)cnc12. The highest BCUT2D eigenvalue weighted by atomic mass is 79.9. The molecule has 5 heteroatoms. The van der Waals surface area contributed by atoms with Crippen LogP contribution in [0.25, 0.3) is 11.0 Å². The van der Waals surface area contributed by atoms with Gasteiger partial charge >= 0.3 is 0 Å². The summed E-state index contributed by atoms with van der Waals surface area (Å²) in [5, 5.41) is 5.65. The number of halogens is 1. The Labute approximate surface area is 130 Å². The molecule has 3 aromatic heterocycles. The van der Waals surface area contributed by atoms with Crippen molar-refractivity contribution in [3.63, 3.8) is 0 Å². The number of hydrogen-bond acceptors (Lipinski definition) is 4. The molecule has 0 aliphatic carbocycles. The normalized spacial score (nSPS) is 12.5. The van der Waals surface area contributed by atoms with Crippen molar-refractivity contribution in [2.45, 2.75) is 19.4 Å². The van der Waals surface area contributed by atoms with E-state index in [2.05, 4.69) is 55.7 Å². The van der Waals surface area contributed by atoms with E-state index in [9.17, 15) is 0 Å². The molecule has 3 aromatic rings. The summed E-state index contributed by atoms with van der Waals surface area (Å²) >= 11 is 5.22. The van der Waals surface area contributed by atoms with Crippen molar-refractivity contribution in [1.29, 1.82) is 0 Å². The van der Waals surface area contributed by atoms with Crippen LogP contribution < -0.4 is 5.32 Å². The van der Waals surface area contributed by atoms with Crippen molar-refractivity contribution in [1.82, 2.24) is 9.97 Å². The lowest BCUT2D eigenvalue weighted by Crippen LogP contribution is -2.17. The minimum absolute atomic E-state index is 0.352. The minimum atomic E-state index is 0.352. The number of nitrogens with one attached hydrogen (secondary N) is 1. The third-order valence-electron chi connectivity index (χ3n) is 3.03. The monoisotopic (exact) mass is 347 g/mol. The highest BCUT2D eigenvalue weighted by molar-refractivity contribution is 9.10. The smallest absolute Gasteiger partial charge is 0.112 e. The number of pyridine rings is 2. The highest BCUT2D eigenvalue weighted by Crippen LogP contribution is 2.23. The fraction of sp³-hybridized carbons (Fsp3) is 0.200. The maximum atomic E-state index is 4.46.